The summed E-state index contributed by atoms with van der Waals surface area (Å²) in [5.74, 6) is 0.672. The van der Waals surface area contributed by atoms with E-state index in [1.165, 1.54) is 0 Å². The van der Waals surface area contributed by atoms with Gasteiger partial charge >= 0.3 is 0 Å². The van der Waals surface area contributed by atoms with Crippen molar-refractivity contribution in [1.82, 2.24) is 0 Å². The Morgan fingerprint density at radius 2 is 1.88 bits per heavy atom. The van der Waals surface area contributed by atoms with E-state index in [0.717, 1.165) is 38.5 Å². The first-order chi connectivity index (χ1) is 15.5. The number of carbonyl (C=O) groups is 1. The Hall–Kier alpha value is -2.67. The molecule has 7 heteroatoms. The zero-order valence-corrected chi connectivity index (χ0v) is 19.9. The Bertz CT molecular complexity index is 1240. The average molecular weight is 511 g/mol. The zero-order valence-electron chi connectivity index (χ0n) is 17.6. The number of nitrogens with zero attached hydrogens (tertiary/aromatic N) is 2. The number of halogens is 2. The lowest BCUT2D eigenvalue weighted by molar-refractivity contribution is -0.147. The molecule has 3 aromatic rings. The van der Waals surface area contributed by atoms with E-state index in [1.54, 1.807) is 7.11 Å². The Morgan fingerprint density at radius 3 is 2.62 bits per heavy atom. The van der Waals surface area contributed by atoms with Crippen LogP contribution in [0, 0.1) is 6.92 Å². The summed E-state index contributed by atoms with van der Waals surface area (Å²) in [5.41, 5.74) is 3.75. The molecule has 1 N–H and O–H groups in total. The van der Waals surface area contributed by atoms with E-state index in [2.05, 4.69) is 21.2 Å². The lowest BCUT2D eigenvalue weighted by Crippen LogP contribution is -2.73. The molecule has 0 spiro atoms. The molecular weight excluding hydrogens is 490 g/mol. The minimum absolute atomic E-state index is 0.0744. The van der Waals surface area contributed by atoms with Crippen LogP contribution < -0.4 is 10.2 Å². The molecule has 3 aromatic carbocycles. The SMILES string of the molecule is COC1C(=O)N2c3ccccc3NC(=Nc3cccc(C)c3Br)CC12c1ccc(Cl)cc1. The summed E-state index contributed by atoms with van der Waals surface area (Å²) in [4.78, 5) is 20.1. The highest BCUT2D eigenvalue weighted by Gasteiger charge is 2.64. The zero-order chi connectivity index (χ0) is 22.5. The number of hydrogen-bond donors (Lipinski definition) is 1. The molecule has 5 rings (SSSR count). The van der Waals surface area contributed by atoms with Crippen LogP contribution in [0.4, 0.5) is 17.1 Å². The summed E-state index contributed by atoms with van der Waals surface area (Å²) >= 11 is 9.84. The summed E-state index contributed by atoms with van der Waals surface area (Å²) in [5, 5.41) is 4.12. The van der Waals surface area contributed by atoms with Gasteiger partial charge in [-0.15, -0.1) is 0 Å². The van der Waals surface area contributed by atoms with Crippen molar-refractivity contribution in [2.75, 3.05) is 17.3 Å². The Labute approximate surface area is 200 Å². The molecule has 5 nitrogen and oxygen atoms in total. The van der Waals surface area contributed by atoms with Gasteiger partial charge < -0.3 is 10.1 Å². The number of amidine groups is 1. The number of β-lactam (4-membered cyclic amide) rings is 1. The number of hydrogen-bond acceptors (Lipinski definition) is 3. The molecule has 0 bridgehead atoms. The molecule has 0 aromatic heterocycles. The number of aliphatic imine (C=N–C) groups is 1. The number of benzene rings is 3. The summed E-state index contributed by atoms with van der Waals surface area (Å²) in [6.45, 7) is 2.03. The standard InChI is InChI=1S/C25H21BrClN3O2/c1-15-6-5-8-19(22(15)26)29-21-14-25(16-10-12-17(27)13-11-16)23(32-2)24(31)30(25)20-9-4-3-7-18(20)28-21/h3-13,23H,14H2,1-2H3,(H,28,29). The normalized spacial score (nSPS) is 23.1. The molecule has 2 unspecified atom stereocenters. The van der Waals surface area contributed by atoms with Crippen molar-refractivity contribution in [1.29, 1.82) is 0 Å². The molecule has 32 heavy (non-hydrogen) atoms. The number of nitrogens with one attached hydrogen (secondary N) is 1. The van der Waals surface area contributed by atoms with Crippen molar-refractivity contribution < 1.29 is 9.53 Å². The maximum absolute atomic E-state index is 13.3. The highest BCUT2D eigenvalue weighted by molar-refractivity contribution is 9.10. The summed E-state index contributed by atoms with van der Waals surface area (Å²) in [6, 6.07) is 21.4. The van der Waals surface area contributed by atoms with E-state index in [9.17, 15) is 4.79 Å². The van der Waals surface area contributed by atoms with Gasteiger partial charge in [-0.1, -0.05) is 48.0 Å². The number of para-hydroxylation sites is 2. The molecule has 1 amide bonds. The quantitative estimate of drug-likeness (QED) is 0.426. The van der Waals surface area contributed by atoms with Crippen molar-refractivity contribution in [2.24, 2.45) is 4.99 Å². The van der Waals surface area contributed by atoms with Crippen LogP contribution in [0.2, 0.25) is 5.02 Å². The van der Waals surface area contributed by atoms with Crippen LogP contribution in [0.15, 0.2) is 76.2 Å². The Kier molecular flexibility index (Phi) is 5.32. The van der Waals surface area contributed by atoms with Crippen molar-refractivity contribution in [2.45, 2.75) is 25.0 Å². The van der Waals surface area contributed by atoms with Gasteiger partial charge in [0.2, 0.25) is 0 Å². The third kappa shape index (κ3) is 3.17. The summed E-state index contributed by atoms with van der Waals surface area (Å²) in [7, 11) is 1.58. The van der Waals surface area contributed by atoms with Crippen LogP contribution in [-0.4, -0.2) is 25.0 Å². The molecule has 0 radical (unpaired) electrons. The van der Waals surface area contributed by atoms with E-state index >= 15 is 0 Å². The predicted octanol–water partition coefficient (Wildman–Crippen LogP) is 6.21. The fourth-order valence-electron chi connectivity index (χ4n) is 4.65. The maximum Gasteiger partial charge on any atom is 0.259 e. The van der Waals surface area contributed by atoms with Gasteiger partial charge in [0.25, 0.3) is 5.91 Å². The molecular formula is C25H21BrClN3O2. The van der Waals surface area contributed by atoms with Crippen LogP contribution >= 0.6 is 27.5 Å². The topological polar surface area (TPSA) is 53.9 Å². The van der Waals surface area contributed by atoms with Crippen LogP contribution in [0.5, 0.6) is 0 Å². The fraction of sp³-hybridized carbons (Fsp3) is 0.200. The van der Waals surface area contributed by atoms with Gasteiger partial charge in [-0.25, -0.2) is 4.99 Å². The molecule has 2 atom stereocenters. The number of fused-ring (bicyclic) bond motifs is 3. The molecule has 1 saturated heterocycles. The van der Waals surface area contributed by atoms with Crippen LogP contribution in [0.1, 0.15) is 17.5 Å². The number of rotatable bonds is 3. The molecule has 2 aliphatic heterocycles. The van der Waals surface area contributed by atoms with Gasteiger partial charge in [0.15, 0.2) is 6.10 Å². The molecule has 162 valence electrons. The van der Waals surface area contributed by atoms with E-state index in [-0.39, 0.29) is 5.91 Å². The molecule has 0 aliphatic carbocycles. The molecule has 2 heterocycles. The second-order valence-electron chi connectivity index (χ2n) is 8.01. The molecule has 0 saturated carbocycles. The van der Waals surface area contributed by atoms with Gasteiger partial charge in [-0.05, 0) is 64.3 Å². The number of anilines is 2. The monoisotopic (exact) mass is 509 g/mol. The second kappa shape index (κ2) is 8.03. The van der Waals surface area contributed by atoms with Crippen molar-refractivity contribution >= 4 is 56.3 Å². The maximum atomic E-state index is 13.3. The van der Waals surface area contributed by atoms with E-state index in [4.69, 9.17) is 21.3 Å². The second-order valence-corrected chi connectivity index (χ2v) is 9.24. The minimum atomic E-state index is -0.745. The predicted molar refractivity (Wildman–Crippen MR) is 132 cm³/mol. The smallest absolute Gasteiger partial charge is 0.259 e. The fourth-order valence-corrected chi connectivity index (χ4v) is 5.13. The summed E-state index contributed by atoms with van der Waals surface area (Å²) in [6.07, 6.45) is -0.184. The van der Waals surface area contributed by atoms with Crippen LogP contribution in [0.25, 0.3) is 0 Å². The van der Waals surface area contributed by atoms with E-state index in [0.29, 0.717) is 11.4 Å². The number of ether oxygens (including phenoxy) is 1. The molecule has 1 fully saturated rings. The number of methoxy groups -OCH3 is 1. The van der Waals surface area contributed by atoms with E-state index < -0.39 is 11.6 Å². The first kappa shape index (κ1) is 21.2. The molecule has 2 aliphatic rings. The first-order valence-electron chi connectivity index (χ1n) is 10.3. The van der Waals surface area contributed by atoms with Gasteiger partial charge in [-0.2, -0.15) is 0 Å². The lowest BCUT2D eigenvalue weighted by Gasteiger charge is -2.56. The highest BCUT2D eigenvalue weighted by atomic mass is 79.9. The van der Waals surface area contributed by atoms with Crippen LogP contribution in [-0.2, 0) is 15.1 Å². The largest absolute Gasteiger partial charge is 0.369 e. The third-order valence-electron chi connectivity index (χ3n) is 6.14. The van der Waals surface area contributed by atoms with Gasteiger partial charge in [0.1, 0.15) is 11.4 Å². The highest BCUT2D eigenvalue weighted by Crippen LogP contribution is 2.52. The van der Waals surface area contributed by atoms with Crippen LogP contribution in [0.3, 0.4) is 0 Å². The van der Waals surface area contributed by atoms with Gasteiger partial charge in [0, 0.05) is 23.0 Å². The average Bonchev–Trinajstić information content (AvgIpc) is 2.90. The van der Waals surface area contributed by atoms with Gasteiger partial charge in [0.05, 0.1) is 17.1 Å². The van der Waals surface area contributed by atoms with Crippen molar-refractivity contribution in [3.63, 3.8) is 0 Å². The third-order valence-corrected chi connectivity index (χ3v) is 7.43. The summed E-state index contributed by atoms with van der Waals surface area (Å²) < 4.78 is 6.69. The number of carbonyl (C=O) groups excluding carboxylic acids is 1. The number of amides is 1. The van der Waals surface area contributed by atoms with Crippen molar-refractivity contribution in [3.05, 3.63) is 87.4 Å². The van der Waals surface area contributed by atoms with Gasteiger partial charge in [-0.3, -0.25) is 9.69 Å². The first-order valence-corrected chi connectivity index (χ1v) is 11.4. The minimum Gasteiger partial charge on any atom is -0.369 e. The van der Waals surface area contributed by atoms with Crippen molar-refractivity contribution in [3.8, 4) is 0 Å². The Morgan fingerprint density at radius 1 is 1.12 bits per heavy atom. The lowest BCUT2D eigenvalue weighted by atomic mass is 9.72. The van der Waals surface area contributed by atoms with E-state index in [1.807, 2.05) is 78.6 Å². The number of aryl methyl sites for hydroxylation is 1. The Balaban J connectivity index is 1.73.